The van der Waals surface area contributed by atoms with Gasteiger partial charge in [0.25, 0.3) is 0 Å². The average molecular weight is 399 g/mol. The lowest BCUT2D eigenvalue weighted by Gasteiger charge is -2.16. The predicted octanol–water partition coefficient (Wildman–Crippen LogP) is 0.585. The minimum Gasteiger partial charge on any atom is -0.394 e. The number of ether oxygens (including phenoxy) is 1. The molecule has 154 valence electrons. The first-order valence-corrected chi connectivity index (χ1v) is 9.73. The molecule has 3 aromatic rings. The molecule has 3 heterocycles. The summed E-state index contributed by atoms with van der Waals surface area (Å²) >= 11 is 0. The number of hydrogen-bond acceptors (Lipinski definition) is 8. The Bertz CT molecular complexity index is 964. The van der Waals surface area contributed by atoms with Crippen LogP contribution in [-0.2, 0) is 17.6 Å². The van der Waals surface area contributed by atoms with Crippen molar-refractivity contribution in [2.75, 3.05) is 12.3 Å². The van der Waals surface area contributed by atoms with Gasteiger partial charge in [0.05, 0.1) is 12.9 Å². The zero-order valence-electron chi connectivity index (χ0n) is 15.9. The lowest BCUT2D eigenvalue weighted by Crippen LogP contribution is -2.33. The fraction of sp³-hybridized carbons (Fsp3) is 0.450. The number of nitrogens with zero attached hydrogens (tertiary/aromatic N) is 4. The molecule has 29 heavy (non-hydrogen) atoms. The van der Waals surface area contributed by atoms with Gasteiger partial charge in [-0.25, -0.2) is 15.0 Å². The van der Waals surface area contributed by atoms with Crippen molar-refractivity contribution in [1.29, 1.82) is 0 Å². The maximum Gasteiger partial charge on any atom is 0.167 e. The number of imidazole rings is 1. The molecular weight excluding hydrogens is 374 g/mol. The van der Waals surface area contributed by atoms with Crippen LogP contribution in [-0.4, -0.2) is 59.8 Å². The highest BCUT2D eigenvalue weighted by atomic mass is 16.6. The minimum absolute atomic E-state index is 0.263. The van der Waals surface area contributed by atoms with Gasteiger partial charge in [-0.3, -0.25) is 4.57 Å². The first-order chi connectivity index (χ1) is 14.1. The molecule has 2 unspecified atom stereocenters. The quantitative estimate of drug-likeness (QED) is 0.423. The van der Waals surface area contributed by atoms with Crippen LogP contribution in [0.4, 0.5) is 5.82 Å². The number of hydrogen-bond donors (Lipinski definition) is 4. The SMILES string of the molecule is Nc1nc(CCCCc2ccccc2)nc2c1ncn2[C@@H]1O[C@H](CO)C(O)C1O. The summed E-state index contributed by atoms with van der Waals surface area (Å²) in [6.45, 7) is -0.398. The van der Waals surface area contributed by atoms with Crippen LogP contribution in [0.2, 0.25) is 0 Å². The van der Waals surface area contributed by atoms with Gasteiger partial charge in [-0.2, -0.15) is 0 Å². The molecular formula is C20H25N5O4. The molecule has 1 aliphatic heterocycles. The first kappa shape index (κ1) is 19.7. The second-order valence-corrected chi connectivity index (χ2v) is 7.27. The first-order valence-electron chi connectivity index (χ1n) is 9.73. The highest BCUT2D eigenvalue weighted by Crippen LogP contribution is 2.32. The number of aliphatic hydroxyl groups is 3. The molecule has 0 bridgehead atoms. The number of fused-ring (bicyclic) bond motifs is 1. The summed E-state index contributed by atoms with van der Waals surface area (Å²) in [6, 6.07) is 10.3. The van der Waals surface area contributed by atoms with Crippen molar-refractivity contribution in [2.45, 2.75) is 50.2 Å². The maximum atomic E-state index is 10.3. The van der Waals surface area contributed by atoms with Crippen LogP contribution < -0.4 is 5.73 Å². The van der Waals surface area contributed by atoms with Gasteiger partial charge in [-0.15, -0.1) is 0 Å². The fourth-order valence-electron chi connectivity index (χ4n) is 3.65. The Morgan fingerprint density at radius 2 is 1.79 bits per heavy atom. The van der Waals surface area contributed by atoms with Gasteiger partial charge in [0, 0.05) is 6.42 Å². The van der Waals surface area contributed by atoms with Crippen molar-refractivity contribution >= 4 is 17.0 Å². The Kier molecular flexibility index (Phi) is 5.72. The van der Waals surface area contributed by atoms with Crippen molar-refractivity contribution in [3.05, 3.63) is 48.0 Å². The third-order valence-corrected chi connectivity index (χ3v) is 5.24. The Hall–Kier alpha value is -2.59. The maximum absolute atomic E-state index is 10.3. The second kappa shape index (κ2) is 8.42. The number of nitrogen functional groups attached to an aromatic ring is 1. The van der Waals surface area contributed by atoms with E-state index in [1.165, 1.54) is 16.5 Å². The summed E-state index contributed by atoms with van der Waals surface area (Å²) in [6.07, 6.45) is 0.814. The Morgan fingerprint density at radius 3 is 2.52 bits per heavy atom. The molecule has 9 nitrogen and oxygen atoms in total. The topological polar surface area (TPSA) is 140 Å². The van der Waals surface area contributed by atoms with Crippen molar-refractivity contribution < 1.29 is 20.1 Å². The van der Waals surface area contributed by atoms with Gasteiger partial charge in [-0.05, 0) is 24.8 Å². The average Bonchev–Trinajstić information content (AvgIpc) is 3.28. The summed E-state index contributed by atoms with van der Waals surface area (Å²) < 4.78 is 7.12. The number of anilines is 1. The number of aliphatic hydroxyl groups excluding tert-OH is 3. The Morgan fingerprint density at radius 1 is 1.03 bits per heavy atom. The number of benzene rings is 1. The molecule has 0 aliphatic carbocycles. The van der Waals surface area contributed by atoms with Gasteiger partial charge < -0.3 is 25.8 Å². The van der Waals surface area contributed by atoms with Crippen LogP contribution in [0.3, 0.4) is 0 Å². The Labute approximate surface area is 167 Å². The minimum atomic E-state index is -1.21. The fourth-order valence-corrected chi connectivity index (χ4v) is 3.65. The van der Waals surface area contributed by atoms with Gasteiger partial charge in [0.2, 0.25) is 0 Å². The smallest absolute Gasteiger partial charge is 0.167 e. The van der Waals surface area contributed by atoms with E-state index in [4.69, 9.17) is 10.5 Å². The second-order valence-electron chi connectivity index (χ2n) is 7.27. The third kappa shape index (κ3) is 3.95. The van der Waals surface area contributed by atoms with Crippen molar-refractivity contribution in [3.8, 4) is 0 Å². The molecule has 9 heteroatoms. The van der Waals surface area contributed by atoms with E-state index in [2.05, 4.69) is 27.1 Å². The molecule has 5 N–H and O–H groups in total. The summed E-state index contributed by atoms with van der Waals surface area (Å²) in [7, 11) is 0. The molecule has 1 aromatic carbocycles. The molecule has 1 fully saturated rings. The molecule has 0 radical (unpaired) electrons. The lowest BCUT2D eigenvalue weighted by molar-refractivity contribution is -0.0511. The van der Waals surface area contributed by atoms with E-state index in [1.54, 1.807) is 0 Å². The van der Waals surface area contributed by atoms with Crippen LogP contribution in [0.5, 0.6) is 0 Å². The zero-order valence-corrected chi connectivity index (χ0v) is 15.9. The number of aromatic nitrogens is 4. The highest BCUT2D eigenvalue weighted by Gasteiger charge is 2.44. The monoisotopic (exact) mass is 399 g/mol. The number of nitrogens with two attached hydrogens (primary N) is 1. The van der Waals surface area contributed by atoms with Crippen LogP contribution in [0.1, 0.15) is 30.5 Å². The molecule has 0 spiro atoms. The summed E-state index contributed by atoms with van der Waals surface area (Å²) in [5.41, 5.74) is 8.21. The summed E-state index contributed by atoms with van der Waals surface area (Å²) in [5, 5.41) is 29.6. The largest absolute Gasteiger partial charge is 0.394 e. The predicted molar refractivity (Wildman–Crippen MR) is 106 cm³/mol. The molecule has 2 aromatic heterocycles. The lowest BCUT2D eigenvalue weighted by atomic mass is 10.1. The van der Waals surface area contributed by atoms with Crippen molar-refractivity contribution in [3.63, 3.8) is 0 Å². The van der Waals surface area contributed by atoms with E-state index >= 15 is 0 Å². The van der Waals surface area contributed by atoms with E-state index in [-0.39, 0.29) is 5.82 Å². The van der Waals surface area contributed by atoms with E-state index in [0.29, 0.717) is 23.4 Å². The summed E-state index contributed by atoms with van der Waals surface area (Å²) in [5.74, 6) is 0.857. The van der Waals surface area contributed by atoms with Gasteiger partial charge in [0.1, 0.15) is 29.7 Å². The molecule has 1 saturated heterocycles. The van der Waals surface area contributed by atoms with Gasteiger partial charge in [0.15, 0.2) is 17.7 Å². The highest BCUT2D eigenvalue weighted by molar-refractivity contribution is 5.81. The van der Waals surface area contributed by atoms with Crippen LogP contribution in [0.25, 0.3) is 11.2 Å². The Balaban J connectivity index is 1.49. The standard InChI is InChI=1S/C20H25N5O4/c21-18-15-19(25(11-22-15)20-17(28)16(27)13(10-26)29-20)24-14(23-18)9-5-4-8-12-6-2-1-3-7-12/h1-3,6-7,11,13,16-17,20,26-28H,4-5,8-10H2,(H2,21,23,24)/t13-,16?,17?,20-/m1/s1. The summed E-state index contributed by atoms with van der Waals surface area (Å²) in [4.78, 5) is 13.1. The molecule has 0 saturated carbocycles. The van der Waals surface area contributed by atoms with Crippen LogP contribution in [0, 0.1) is 0 Å². The molecule has 4 rings (SSSR count). The zero-order chi connectivity index (χ0) is 20.4. The number of rotatable bonds is 7. The van der Waals surface area contributed by atoms with E-state index in [9.17, 15) is 15.3 Å². The molecule has 1 aliphatic rings. The third-order valence-electron chi connectivity index (χ3n) is 5.24. The van der Waals surface area contributed by atoms with Crippen LogP contribution >= 0.6 is 0 Å². The number of unbranched alkanes of at least 4 members (excludes halogenated alkanes) is 1. The van der Waals surface area contributed by atoms with Crippen LogP contribution in [0.15, 0.2) is 36.7 Å². The van der Waals surface area contributed by atoms with E-state index < -0.39 is 31.1 Å². The molecule has 4 atom stereocenters. The van der Waals surface area contributed by atoms with E-state index in [0.717, 1.165) is 19.3 Å². The van der Waals surface area contributed by atoms with Gasteiger partial charge in [-0.1, -0.05) is 30.3 Å². The van der Waals surface area contributed by atoms with E-state index in [1.807, 2.05) is 18.2 Å². The van der Waals surface area contributed by atoms with Crippen molar-refractivity contribution in [1.82, 2.24) is 19.5 Å². The van der Waals surface area contributed by atoms with Gasteiger partial charge >= 0.3 is 0 Å². The normalized spacial score (nSPS) is 24.4. The molecule has 0 amide bonds. The number of aryl methyl sites for hydroxylation is 2. The van der Waals surface area contributed by atoms with Crippen molar-refractivity contribution in [2.24, 2.45) is 0 Å².